The van der Waals surface area contributed by atoms with Crippen molar-refractivity contribution in [1.82, 2.24) is 34.6 Å². The van der Waals surface area contributed by atoms with Gasteiger partial charge in [-0.05, 0) is 38.1 Å². The van der Waals surface area contributed by atoms with Crippen molar-refractivity contribution < 1.29 is 9.59 Å². The standard InChI is InChI=1S/C23H26N8O2/c1-13(10-18(32)30(3)4)27-23(33)21-22(24)29-20(16-6-5-9-25-16)19(28-21)15-7-8-17-26-11-14(2)31(17)12-15/h5-9,11-13,25H,10H2,1-4H3,(H2,24,29)(H,27,33)/t13-/m1/s1. The van der Waals surface area contributed by atoms with Gasteiger partial charge in [0.05, 0.1) is 5.69 Å². The van der Waals surface area contributed by atoms with Gasteiger partial charge in [0.25, 0.3) is 5.91 Å². The van der Waals surface area contributed by atoms with Crippen LogP contribution in [0.3, 0.4) is 0 Å². The van der Waals surface area contributed by atoms with E-state index in [-0.39, 0.29) is 23.8 Å². The van der Waals surface area contributed by atoms with Gasteiger partial charge in [-0.15, -0.1) is 0 Å². The van der Waals surface area contributed by atoms with Crippen LogP contribution >= 0.6 is 0 Å². The van der Waals surface area contributed by atoms with Crippen LogP contribution in [0, 0.1) is 6.92 Å². The number of imidazole rings is 1. The predicted molar refractivity (Wildman–Crippen MR) is 125 cm³/mol. The molecule has 0 aliphatic carbocycles. The van der Waals surface area contributed by atoms with E-state index in [1.54, 1.807) is 33.4 Å². The minimum absolute atomic E-state index is 0.00637. The molecular formula is C23H26N8O2. The van der Waals surface area contributed by atoms with E-state index in [2.05, 4.69) is 25.3 Å². The van der Waals surface area contributed by atoms with Crippen LogP contribution in [0.2, 0.25) is 0 Å². The molecule has 1 atom stereocenters. The van der Waals surface area contributed by atoms with E-state index < -0.39 is 11.9 Å². The number of fused-ring (bicyclic) bond motifs is 1. The molecule has 0 aliphatic heterocycles. The Morgan fingerprint density at radius 2 is 2.00 bits per heavy atom. The van der Waals surface area contributed by atoms with Gasteiger partial charge in [0.2, 0.25) is 5.91 Å². The number of aryl methyl sites for hydroxylation is 1. The third-order valence-electron chi connectivity index (χ3n) is 5.31. The number of aromatic amines is 1. The second-order valence-electron chi connectivity index (χ2n) is 8.15. The topological polar surface area (TPSA) is 134 Å². The van der Waals surface area contributed by atoms with E-state index in [9.17, 15) is 9.59 Å². The molecule has 33 heavy (non-hydrogen) atoms. The fourth-order valence-corrected chi connectivity index (χ4v) is 3.51. The predicted octanol–water partition coefficient (Wildman–Crippen LogP) is 2.27. The molecule has 0 bridgehead atoms. The highest BCUT2D eigenvalue weighted by atomic mass is 16.2. The quantitative estimate of drug-likeness (QED) is 0.416. The molecule has 0 aliphatic rings. The zero-order valence-electron chi connectivity index (χ0n) is 19.0. The monoisotopic (exact) mass is 446 g/mol. The van der Waals surface area contributed by atoms with Gasteiger partial charge in [-0.3, -0.25) is 9.59 Å². The maximum atomic E-state index is 13.0. The maximum Gasteiger partial charge on any atom is 0.273 e. The third-order valence-corrected chi connectivity index (χ3v) is 5.31. The summed E-state index contributed by atoms with van der Waals surface area (Å²) < 4.78 is 1.94. The number of H-pyrrole nitrogens is 1. The number of hydrogen-bond acceptors (Lipinski definition) is 6. The number of rotatable bonds is 6. The lowest BCUT2D eigenvalue weighted by Crippen LogP contribution is -2.37. The number of nitrogens with one attached hydrogen (secondary N) is 2. The number of carbonyl (C=O) groups is 2. The molecule has 0 radical (unpaired) electrons. The Kier molecular flexibility index (Phi) is 5.82. The lowest BCUT2D eigenvalue weighted by molar-refractivity contribution is -0.129. The van der Waals surface area contributed by atoms with Crippen molar-refractivity contribution in [3.8, 4) is 22.6 Å². The van der Waals surface area contributed by atoms with Crippen LogP contribution in [0.4, 0.5) is 5.82 Å². The molecule has 10 heteroatoms. The summed E-state index contributed by atoms with van der Waals surface area (Å²) in [6.07, 6.45) is 5.64. The van der Waals surface area contributed by atoms with Gasteiger partial charge in [-0.1, -0.05) is 0 Å². The summed E-state index contributed by atoms with van der Waals surface area (Å²) in [7, 11) is 3.34. The molecule has 0 fully saturated rings. The Morgan fingerprint density at radius 3 is 2.70 bits per heavy atom. The van der Waals surface area contributed by atoms with Gasteiger partial charge in [0.1, 0.15) is 17.0 Å². The van der Waals surface area contributed by atoms with Crippen molar-refractivity contribution >= 4 is 23.3 Å². The molecule has 170 valence electrons. The highest BCUT2D eigenvalue weighted by Crippen LogP contribution is 2.30. The SMILES string of the molecule is Cc1cnc2ccc(-c3nc(C(=O)N[C@H](C)CC(=O)N(C)C)c(N)nc3-c3ccc[nH]3)cn12. The Balaban J connectivity index is 1.76. The molecule has 4 rings (SSSR count). The first kappa shape index (κ1) is 22.0. The molecule has 4 aromatic heterocycles. The molecule has 10 nitrogen and oxygen atoms in total. The molecule has 0 spiro atoms. The number of amides is 2. The van der Waals surface area contributed by atoms with Crippen molar-refractivity contribution in [2.75, 3.05) is 19.8 Å². The average Bonchev–Trinajstić information content (AvgIpc) is 3.43. The molecule has 2 amide bonds. The smallest absolute Gasteiger partial charge is 0.273 e. The number of carbonyl (C=O) groups excluding carboxylic acids is 2. The van der Waals surface area contributed by atoms with E-state index in [0.29, 0.717) is 11.4 Å². The number of nitrogen functional groups attached to an aromatic ring is 1. The maximum absolute atomic E-state index is 13.0. The summed E-state index contributed by atoms with van der Waals surface area (Å²) in [4.78, 5) is 43.1. The number of nitrogens with zero attached hydrogens (tertiary/aromatic N) is 5. The first-order valence-electron chi connectivity index (χ1n) is 10.5. The number of nitrogens with two attached hydrogens (primary N) is 1. The lowest BCUT2D eigenvalue weighted by Gasteiger charge is -2.17. The number of anilines is 1. The molecule has 4 N–H and O–H groups in total. The van der Waals surface area contributed by atoms with E-state index in [0.717, 1.165) is 22.6 Å². The Morgan fingerprint density at radius 1 is 1.21 bits per heavy atom. The summed E-state index contributed by atoms with van der Waals surface area (Å²) in [5.74, 6) is -0.571. The van der Waals surface area contributed by atoms with Gasteiger partial charge in [-0.25, -0.2) is 15.0 Å². The Labute approximate surface area is 190 Å². The molecule has 0 saturated carbocycles. The third kappa shape index (κ3) is 4.40. The van der Waals surface area contributed by atoms with Crippen LogP contribution in [-0.2, 0) is 4.79 Å². The first-order valence-corrected chi connectivity index (χ1v) is 10.5. The van der Waals surface area contributed by atoms with Crippen LogP contribution in [0.15, 0.2) is 42.9 Å². The summed E-state index contributed by atoms with van der Waals surface area (Å²) in [5.41, 5.74) is 10.5. The number of aromatic nitrogens is 5. The van der Waals surface area contributed by atoms with Crippen LogP contribution in [0.25, 0.3) is 28.3 Å². The normalized spacial score (nSPS) is 12.0. The molecular weight excluding hydrogens is 420 g/mol. The fraction of sp³-hybridized carbons (Fsp3) is 0.261. The summed E-state index contributed by atoms with van der Waals surface area (Å²) >= 11 is 0. The van der Waals surface area contributed by atoms with Gasteiger partial charge in [0.15, 0.2) is 11.5 Å². The van der Waals surface area contributed by atoms with Crippen molar-refractivity contribution in [2.45, 2.75) is 26.3 Å². The van der Waals surface area contributed by atoms with Crippen molar-refractivity contribution in [3.63, 3.8) is 0 Å². The van der Waals surface area contributed by atoms with E-state index in [1.807, 2.05) is 41.8 Å². The zero-order valence-corrected chi connectivity index (χ0v) is 19.0. The largest absolute Gasteiger partial charge is 0.382 e. The van der Waals surface area contributed by atoms with Crippen molar-refractivity contribution in [1.29, 1.82) is 0 Å². The summed E-state index contributed by atoms with van der Waals surface area (Å²) in [6.45, 7) is 3.71. The molecule has 0 saturated heterocycles. The van der Waals surface area contributed by atoms with Gasteiger partial charge in [0, 0.05) is 56.4 Å². The second kappa shape index (κ2) is 8.73. The summed E-state index contributed by atoms with van der Waals surface area (Å²) in [6, 6.07) is 7.08. The van der Waals surface area contributed by atoms with E-state index in [4.69, 9.17) is 5.73 Å². The summed E-state index contributed by atoms with van der Waals surface area (Å²) in [5, 5.41) is 2.80. The van der Waals surface area contributed by atoms with Crippen molar-refractivity contribution in [3.05, 3.63) is 54.2 Å². The lowest BCUT2D eigenvalue weighted by atomic mass is 10.1. The second-order valence-corrected chi connectivity index (χ2v) is 8.15. The number of pyridine rings is 1. The highest BCUT2D eigenvalue weighted by molar-refractivity contribution is 5.98. The van der Waals surface area contributed by atoms with Crippen LogP contribution in [0.5, 0.6) is 0 Å². The van der Waals surface area contributed by atoms with Gasteiger partial charge in [-0.2, -0.15) is 0 Å². The van der Waals surface area contributed by atoms with Crippen LogP contribution in [-0.4, -0.2) is 61.2 Å². The molecule has 4 heterocycles. The molecule has 4 aromatic rings. The Hall–Kier alpha value is -4.21. The Bertz CT molecular complexity index is 1320. The molecule has 0 unspecified atom stereocenters. The van der Waals surface area contributed by atoms with Gasteiger partial charge >= 0.3 is 0 Å². The average molecular weight is 447 g/mol. The number of hydrogen-bond donors (Lipinski definition) is 3. The van der Waals surface area contributed by atoms with Gasteiger partial charge < -0.3 is 25.3 Å². The minimum Gasteiger partial charge on any atom is -0.382 e. The van der Waals surface area contributed by atoms with E-state index >= 15 is 0 Å². The van der Waals surface area contributed by atoms with E-state index in [1.165, 1.54) is 4.90 Å². The van der Waals surface area contributed by atoms with Crippen molar-refractivity contribution in [2.24, 2.45) is 0 Å². The minimum atomic E-state index is -0.488. The van der Waals surface area contributed by atoms with Crippen LogP contribution < -0.4 is 11.1 Å². The van der Waals surface area contributed by atoms with Crippen LogP contribution in [0.1, 0.15) is 29.5 Å². The fourth-order valence-electron chi connectivity index (χ4n) is 3.51. The molecule has 0 aromatic carbocycles. The zero-order chi connectivity index (χ0) is 23.7. The first-order chi connectivity index (χ1) is 15.7. The highest BCUT2D eigenvalue weighted by Gasteiger charge is 2.22.